The molecule has 2 aromatic carbocycles. The Hall–Kier alpha value is -3.66. The molecule has 180 valence electrons. The molecular weight excluding hydrogens is 418 g/mol. The first-order chi connectivity index (χ1) is 16.5. The van der Waals surface area contributed by atoms with Crippen LogP contribution in [-0.2, 0) is 4.79 Å². The molecule has 0 saturated carbocycles. The molecule has 3 rings (SSSR count). The number of hydrogen-bond acceptors (Lipinski definition) is 3. The Morgan fingerprint density at radius 3 is 2.21 bits per heavy atom. The molecule has 0 bridgehead atoms. The van der Waals surface area contributed by atoms with E-state index in [1.807, 2.05) is 69.3 Å². The molecule has 0 unspecified atom stereocenters. The Kier molecular flexibility index (Phi) is 13.4. The predicted octanol–water partition coefficient (Wildman–Crippen LogP) is 7.14. The van der Waals surface area contributed by atoms with Crippen molar-refractivity contribution in [3.8, 4) is 0 Å². The third-order valence-electron chi connectivity index (χ3n) is 5.05. The number of carbonyl (C=O) groups is 1. The second-order valence-electron chi connectivity index (χ2n) is 7.49. The van der Waals surface area contributed by atoms with Crippen LogP contribution in [0.15, 0.2) is 91.3 Å². The number of benzene rings is 2. The van der Waals surface area contributed by atoms with Gasteiger partial charge < -0.3 is 11.1 Å². The highest BCUT2D eigenvalue weighted by molar-refractivity contribution is 6.26. The van der Waals surface area contributed by atoms with Crippen molar-refractivity contribution in [3.63, 3.8) is 0 Å². The molecule has 4 nitrogen and oxygen atoms in total. The number of nitrogens with zero attached hydrogens (tertiary/aromatic N) is 1. The Balaban J connectivity index is 0.00000107. The van der Waals surface area contributed by atoms with Gasteiger partial charge in [0.2, 0.25) is 0 Å². The van der Waals surface area contributed by atoms with Gasteiger partial charge in [0.15, 0.2) is 0 Å². The lowest BCUT2D eigenvalue weighted by Crippen LogP contribution is -2.22. The zero-order valence-corrected chi connectivity index (χ0v) is 21.3. The van der Waals surface area contributed by atoms with Gasteiger partial charge in [-0.25, -0.2) is 0 Å². The van der Waals surface area contributed by atoms with E-state index in [1.54, 1.807) is 18.5 Å². The van der Waals surface area contributed by atoms with Crippen molar-refractivity contribution in [3.05, 3.63) is 102 Å². The molecule has 0 fully saturated rings. The zero-order valence-electron chi connectivity index (χ0n) is 21.3. The molecule has 0 aliphatic rings. The van der Waals surface area contributed by atoms with Crippen LogP contribution in [0.3, 0.4) is 0 Å². The summed E-state index contributed by atoms with van der Waals surface area (Å²) in [5.74, 6) is -0.454. The van der Waals surface area contributed by atoms with Crippen LogP contribution in [0.5, 0.6) is 0 Å². The number of allylic oxidation sites excluding steroid dienone is 3. The molecule has 4 heteroatoms. The van der Waals surface area contributed by atoms with E-state index < -0.39 is 5.91 Å². The number of primary amides is 1. The molecule has 0 spiro atoms. The van der Waals surface area contributed by atoms with Crippen LogP contribution in [0.25, 0.3) is 22.0 Å². The lowest BCUT2D eigenvalue weighted by atomic mass is 9.96. The highest BCUT2D eigenvalue weighted by Gasteiger charge is 2.17. The largest absolute Gasteiger partial charge is 0.384 e. The molecule has 1 amide bonds. The van der Waals surface area contributed by atoms with Crippen molar-refractivity contribution in [2.45, 2.75) is 47.5 Å². The first-order valence-corrected chi connectivity index (χ1v) is 11.9. The molecule has 1 heterocycles. The van der Waals surface area contributed by atoms with E-state index in [0.717, 1.165) is 47.0 Å². The zero-order chi connectivity index (χ0) is 25.3. The number of hydrogen-bond donors (Lipinski definition) is 2. The summed E-state index contributed by atoms with van der Waals surface area (Å²) in [5, 5.41) is 5.66. The number of fused-ring (bicyclic) bond motifs is 1. The molecule has 0 saturated heterocycles. The number of carbonyl (C=O) groups excluding carboxylic acids is 1. The van der Waals surface area contributed by atoms with Crippen LogP contribution in [0.1, 0.15) is 58.6 Å². The smallest absolute Gasteiger partial charge is 0.251 e. The van der Waals surface area contributed by atoms with E-state index in [2.05, 4.69) is 42.9 Å². The van der Waals surface area contributed by atoms with E-state index >= 15 is 0 Å². The number of nitrogens with one attached hydrogen (secondary N) is 1. The maximum atomic E-state index is 12.5. The number of aromatic nitrogens is 1. The van der Waals surface area contributed by atoms with Gasteiger partial charge in [-0.05, 0) is 68.1 Å². The van der Waals surface area contributed by atoms with Crippen LogP contribution >= 0.6 is 0 Å². The third-order valence-corrected chi connectivity index (χ3v) is 5.05. The number of pyridine rings is 1. The van der Waals surface area contributed by atoms with Gasteiger partial charge in [-0.3, -0.25) is 9.78 Å². The van der Waals surface area contributed by atoms with Gasteiger partial charge in [0.05, 0.1) is 11.3 Å². The minimum atomic E-state index is -0.454. The van der Waals surface area contributed by atoms with Crippen molar-refractivity contribution in [2.24, 2.45) is 5.73 Å². The molecule has 1 aromatic heterocycles. The predicted molar refractivity (Wildman–Crippen MR) is 148 cm³/mol. The molecule has 0 aliphatic heterocycles. The van der Waals surface area contributed by atoms with E-state index in [9.17, 15) is 4.79 Å². The average molecular weight is 458 g/mol. The molecular formula is C30H39N3O. The van der Waals surface area contributed by atoms with Gasteiger partial charge in [0.1, 0.15) is 0 Å². The summed E-state index contributed by atoms with van der Waals surface area (Å²) in [6.45, 7) is 14.2. The summed E-state index contributed by atoms with van der Waals surface area (Å²) < 4.78 is 0. The topological polar surface area (TPSA) is 68.0 Å². The van der Waals surface area contributed by atoms with Gasteiger partial charge in [-0.1, -0.05) is 68.0 Å². The van der Waals surface area contributed by atoms with Gasteiger partial charge >= 0.3 is 0 Å². The lowest BCUT2D eigenvalue weighted by Gasteiger charge is -2.17. The monoisotopic (exact) mass is 457 g/mol. The first-order valence-electron chi connectivity index (χ1n) is 11.9. The summed E-state index contributed by atoms with van der Waals surface area (Å²) in [4.78, 5) is 16.6. The average Bonchev–Trinajstić information content (AvgIpc) is 2.87. The first kappa shape index (κ1) is 28.4. The fraction of sp³-hybridized carbons (Fsp3) is 0.267. The molecule has 0 atom stereocenters. The van der Waals surface area contributed by atoms with Gasteiger partial charge in [0.25, 0.3) is 5.91 Å². The maximum absolute atomic E-state index is 12.5. The van der Waals surface area contributed by atoms with E-state index in [1.165, 1.54) is 5.57 Å². The molecule has 34 heavy (non-hydrogen) atoms. The SMILES string of the molecule is C/C=C(\C)CCCN/C(=C(\C(N)=O)c1ccc2ccccc2c1)c1ccncc1.C=CC.CC. The Labute approximate surface area is 205 Å². The van der Waals surface area contributed by atoms with Crippen LogP contribution in [0, 0.1) is 0 Å². The maximum Gasteiger partial charge on any atom is 0.251 e. The Bertz CT molecular complexity index is 1100. The summed E-state index contributed by atoms with van der Waals surface area (Å²) >= 11 is 0. The number of nitrogens with two attached hydrogens (primary N) is 1. The normalized spacial score (nSPS) is 11.3. The minimum Gasteiger partial charge on any atom is -0.384 e. The van der Waals surface area contributed by atoms with E-state index in [0.29, 0.717) is 5.57 Å². The van der Waals surface area contributed by atoms with E-state index in [4.69, 9.17) is 5.73 Å². The quantitative estimate of drug-likeness (QED) is 0.214. The van der Waals surface area contributed by atoms with Gasteiger partial charge in [-0.15, -0.1) is 6.58 Å². The molecule has 0 radical (unpaired) electrons. The molecule has 3 N–H and O–H groups in total. The second kappa shape index (κ2) is 16.0. The van der Waals surface area contributed by atoms with Gasteiger partial charge in [0, 0.05) is 24.5 Å². The van der Waals surface area contributed by atoms with Crippen molar-refractivity contribution in [2.75, 3.05) is 6.54 Å². The van der Waals surface area contributed by atoms with Crippen molar-refractivity contribution in [1.82, 2.24) is 10.3 Å². The number of rotatable bonds is 8. The number of amides is 1. The summed E-state index contributed by atoms with van der Waals surface area (Å²) in [6.07, 6.45) is 9.30. The van der Waals surface area contributed by atoms with Crippen LogP contribution < -0.4 is 11.1 Å². The Morgan fingerprint density at radius 2 is 1.62 bits per heavy atom. The molecule has 0 aliphatic carbocycles. The molecule has 3 aromatic rings. The highest BCUT2D eigenvalue weighted by Crippen LogP contribution is 2.27. The Morgan fingerprint density at radius 1 is 1.00 bits per heavy atom. The fourth-order valence-corrected chi connectivity index (χ4v) is 3.33. The minimum absolute atomic E-state index is 0.454. The lowest BCUT2D eigenvalue weighted by molar-refractivity contribution is -0.112. The van der Waals surface area contributed by atoms with Crippen LogP contribution in [0.2, 0.25) is 0 Å². The summed E-state index contributed by atoms with van der Waals surface area (Å²) in [7, 11) is 0. The van der Waals surface area contributed by atoms with Crippen molar-refractivity contribution >= 4 is 27.9 Å². The third kappa shape index (κ3) is 8.70. The summed E-state index contributed by atoms with van der Waals surface area (Å²) in [6, 6.07) is 17.9. The fourth-order valence-electron chi connectivity index (χ4n) is 3.33. The van der Waals surface area contributed by atoms with Gasteiger partial charge in [-0.2, -0.15) is 0 Å². The van der Waals surface area contributed by atoms with E-state index in [-0.39, 0.29) is 0 Å². The van der Waals surface area contributed by atoms with Crippen LogP contribution in [-0.4, -0.2) is 17.4 Å². The van der Waals surface area contributed by atoms with Crippen LogP contribution in [0.4, 0.5) is 0 Å². The standard InChI is InChI=1S/C25H27N3O.C3H6.C2H6/c1-3-18(2)7-6-14-28-24(20-12-15-27-16-13-20)23(25(26)29)22-11-10-19-8-4-5-9-21(19)17-22;1-3-2;1-2/h3-5,8-13,15-17,28H,6-7,14H2,1-2H3,(H2,26,29);3H,1H2,2H3;1-2H3/b18-3+,24-23-;;. The van der Waals surface area contributed by atoms with Crippen molar-refractivity contribution < 1.29 is 4.79 Å². The van der Waals surface area contributed by atoms with Crippen molar-refractivity contribution in [1.29, 1.82) is 0 Å². The second-order valence-corrected chi connectivity index (χ2v) is 7.49. The summed E-state index contributed by atoms with van der Waals surface area (Å²) in [5.41, 5.74) is 10.1. The highest BCUT2D eigenvalue weighted by atomic mass is 16.1.